The fraction of sp³-hybridized carbons (Fsp3) is 0.391. The standard InChI is InChI=1S/C23H25N/c1-16-15-24-22(19-10-6-8-17-7-2-3-9-18(17)19)21-14-23(13-20(16)21)11-4-5-12-23/h2-3,6-10,15,22,24H,4-5,11-14H2,1H3. The minimum Gasteiger partial charge on any atom is -0.380 e. The summed E-state index contributed by atoms with van der Waals surface area (Å²) in [4.78, 5) is 0. The molecule has 122 valence electrons. The first kappa shape index (κ1) is 14.3. The third-order valence-electron chi connectivity index (χ3n) is 6.59. The van der Waals surface area contributed by atoms with Crippen LogP contribution in [0.25, 0.3) is 10.8 Å². The van der Waals surface area contributed by atoms with Gasteiger partial charge in [-0.2, -0.15) is 0 Å². The van der Waals surface area contributed by atoms with Crippen LogP contribution in [0.2, 0.25) is 0 Å². The predicted molar refractivity (Wildman–Crippen MR) is 101 cm³/mol. The maximum Gasteiger partial charge on any atom is 0.0734 e. The van der Waals surface area contributed by atoms with E-state index in [2.05, 4.69) is 60.9 Å². The summed E-state index contributed by atoms with van der Waals surface area (Å²) in [5.74, 6) is 0. The topological polar surface area (TPSA) is 12.0 Å². The molecular formula is C23H25N. The molecule has 1 heterocycles. The molecule has 1 atom stereocenters. The van der Waals surface area contributed by atoms with E-state index in [0.29, 0.717) is 11.5 Å². The van der Waals surface area contributed by atoms with Gasteiger partial charge in [-0.25, -0.2) is 0 Å². The Morgan fingerprint density at radius 3 is 2.62 bits per heavy atom. The summed E-state index contributed by atoms with van der Waals surface area (Å²) in [7, 11) is 0. The van der Waals surface area contributed by atoms with E-state index >= 15 is 0 Å². The highest BCUT2D eigenvalue weighted by molar-refractivity contribution is 5.86. The van der Waals surface area contributed by atoms with Gasteiger partial charge >= 0.3 is 0 Å². The van der Waals surface area contributed by atoms with E-state index in [-0.39, 0.29) is 0 Å². The molecule has 0 amide bonds. The Bertz CT molecular complexity index is 859. The lowest BCUT2D eigenvalue weighted by molar-refractivity contribution is 0.312. The highest BCUT2D eigenvalue weighted by Gasteiger charge is 2.44. The minimum absolute atomic E-state index is 0.356. The van der Waals surface area contributed by atoms with Crippen LogP contribution in [0.15, 0.2) is 65.4 Å². The van der Waals surface area contributed by atoms with Crippen LogP contribution in [0, 0.1) is 5.41 Å². The van der Waals surface area contributed by atoms with Crippen molar-refractivity contribution < 1.29 is 0 Å². The summed E-state index contributed by atoms with van der Waals surface area (Å²) < 4.78 is 0. The average molecular weight is 315 g/mol. The molecule has 5 rings (SSSR count). The smallest absolute Gasteiger partial charge is 0.0734 e. The maximum absolute atomic E-state index is 3.74. The largest absolute Gasteiger partial charge is 0.380 e. The molecule has 1 nitrogen and oxygen atoms in total. The summed E-state index contributed by atoms with van der Waals surface area (Å²) in [5.41, 5.74) is 6.82. The van der Waals surface area contributed by atoms with Crippen LogP contribution in [0.1, 0.15) is 57.1 Å². The zero-order chi connectivity index (χ0) is 16.1. The molecule has 1 unspecified atom stereocenters. The number of benzene rings is 2. The second kappa shape index (κ2) is 5.24. The fourth-order valence-corrected chi connectivity index (χ4v) is 5.38. The molecule has 2 aromatic rings. The van der Waals surface area contributed by atoms with Crippen molar-refractivity contribution in [1.29, 1.82) is 0 Å². The molecule has 1 N–H and O–H groups in total. The van der Waals surface area contributed by atoms with Crippen molar-refractivity contribution >= 4 is 10.8 Å². The zero-order valence-corrected chi connectivity index (χ0v) is 14.4. The molecule has 2 aromatic carbocycles. The van der Waals surface area contributed by atoms with Crippen LogP contribution < -0.4 is 5.32 Å². The van der Waals surface area contributed by atoms with E-state index in [1.165, 1.54) is 60.4 Å². The third kappa shape index (κ3) is 2.07. The molecular weight excluding hydrogens is 290 g/mol. The molecule has 3 aliphatic rings. The van der Waals surface area contributed by atoms with Gasteiger partial charge in [0, 0.05) is 6.20 Å². The quantitative estimate of drug-likeness (QED) is 0.676. The van der Waals surface area contributed by atoms with Gasteiger partial charge in [-0.3, -0.25) is 0 Å². The molecule has 0 bridgehead atoms. The van der Waals surface area contributed by atoms with E-state index in [1.54, 1.807) is 11.1 Å². The normalized spacial score (nSPS) is 25.0. The second-order valence-electron chi connectivity index (χ2n) is 8.06. The SMILES string of the molecule is CC1=CNC(c2cccc3ccccc23)C2=C1CC1(CCCC1)C2. The van der Waals surface area contributed by atoms with Gasteiger partial charge < -0.3 is 5.32 Å². The van der Waals surface area contributed by atoms with E-state index in [1.807, 2.05) is 0 Å². The first-order chi connectivity index (χ1) is 11.8. The van der Waals surface area contributed by atoms with Gasteiger partial charge in [-0.15, -0.1) is 0 Å². The lowest BCUT2D eigenvalue weighted by atomic mass is 9.81. The number of fused-ring (bicyclic) bond motifs is 1. The van der Waals surface area contributed by atoms with Crippen molar-refractivity contribution in [1.82, 2.24) is 5.32 Å². The minimum atomic E-state index is 0.356. The first-order valence-corrected chi connectivity index (χ1v) is 9.39. The number of rotatable bonds is 1. The number of allylic oxidation sites excluding steroid dienone is 2. The maximum atomic E-state index is 3.74. The van der Waals surface area contributed by atoms with E-state index in [0.717, 1.165) is 0 Å². The zero-order valence-electron chi connectivity index (χ0n) is 14.4. The Morgan fingerprint density at radius 1 is 0.958 bits per heavy atom. The van der Waals surface area contributed by atoms with Crippen LogP contribution in [-0.2, 0) is 0 Å². The van der Waals surface area contributed by atoms with Gasteiger partial charge in [0.05, 0.1) is 6.04 Å². The van der Waals surface area contributed by atoms with Crippen molar-refractivity contribution in [3.8, 4) is 0 Å². The average Bonchev–Trinajstić information content (AvgIpc) is 3.23. The first-order valence-electron chi connectivity index (χ1n) is 9.39. The molecule has 24 heavy (non-hydrogen) atoms. The molecule has 1 spiro atoms. The molecule has 0 aromatic heterocycles. The number of nitrogens with one attached hydrogen (secondary N) is 1. The lowest BCUT2D eigenvalue weighted by Gasteiger charge is -2.28. The molecule has 1 saturated carbocycles. The summed E-state index contributed by atoms with van der Waals surface area (Å²) in [5, 5.41) is 6.47. The van der Waals surface area contributed by atoms with Crippen molar-refractivity contribution in [2.75, 3.05) is 0 Å². The van der Waals surface area contributed by atoms with Gasteiger partial charge in [0.1, 0.15) is 0 Å². The third-order valence-corrected chi connectivity index (χ3v) is 6.59. The predicted octanol–water partition coefficient (Wildman–Crippen LogP) is 6.04. The Labute approximate surface area is 144 Å². The van der Waals surface area contributed by atoms with Crippen molar-refractivity contribution in [2.24, 2.45) is 5.41 Å². The van der Waals surface area contributed by atoms with Gasteiger partial charge in [0.15, 0.2) is 0 Å². The van der Waals surface area contributed by atoms with Gasteiger partial charge in [0.25, 0.3) is 0 Å². The number of hydrogen-bond acceptors (Lipinski definition) is 1. The van der Waals surface area contributed by atoms with Gasteiger partial charge in [0.2, 0.25) is 0 Å². The van der Waals surface area contributed by atoms with E-state index in [9.17, 15) is 0 Å². The van der Waals surface area contributed by atoms with Crippen LogP contribution in [0.3, 0.4) is 0 Å². The highest BCUT2D eigenvalue weighted by atomic mass is 14.9. The van der Waals surface area contributed by atoms with Crippen molar-refractivity contribution in [3.63, 3.8) is 0 Å². The Morgan fingerprint density at radius 2 is 1.75 bits per heavy atom. The summed E-state index contributed by atoms with van der Waals surface area (Å²) in [6.45, 7) is 2.29. The molecule has 0 radical (unpaired) electrons. The van der Waals surface area contributed by atoms with Crippen LogP contribution in [0.4, 0.5) is 0 Å². The van der Waals surface area contributed by atoms with E-state index < -0.39 is 0 Å². The highest BCUT2D eigenvalue weighted by Crippen LogP contribution is 2.57. The van der Waals surface area contributed by atoms with Gasteiger partial charge in [-0.1, -0.05) is 55.3 Å². The lowest BCUT2D eigenvalue weighted by Crippen LogP contribution is -2.23. The molecule has 1 fully saturated rings. The molecule has 0 saturated heterocycles. The van der Waals surface area contributed by atoms with E-state index in [4.69, 9.17) is 0 Å². The summed E-state index contributed by atoms with van der Waals surface area (Å²) in [6, 6.07) is 15.9. The van der Waals surface area contributed by atoms with Crippen molar-refractivity contribution in [2.45, 2.75) is 51.5 Å². The summed E-state index contributed by atoms with van der Waals surface area (Å²) >= 11 is 0. The van der Waals surface area contributed by atoms with Crippen LogP contribution in [-0.4, -0.2) is 0 Å². The Hall–Kier alpha value is -2.02. The molecule has 1 aliphatic heterocycles. The van der Waals surface area contributed by atoms with Crippen LogP contribution in [0.5, 0.6) is 0 Å². The second-order valence-corrected chi connectivity index (χ2v) is 8.06. The van der Waals surface area contributed by atoms with Crippen molar-refractivity contribution in [3.05, 3.63) is 70.9 Å². The monoisotopic (exact) mass is 315 g/mol. The Balaban J connectivity index is 1.61. The number of dihydropyridines is 1. The summed E-state index contributed by atoms with van der Waals surface area (Å²) in [6.07, 6.45) is 10.6. The number of hydrogen-bond donors (Lipinski definition) is 1. The Kier molecular flexibility index (Phi) is 3.13. The van der Waals surface area contributed by atoms with Gasteiger partial charge in [-0.05, 0) is 71.1 Å². The van der Waals surface area contributed by atoms with Crippen LogP contribution >= 0.6 is 0 Å². The molecule has 2 aliphatic carbocycles. The molecule has 1 heteroatoms. The fourth-order valence-electron chi connectivity index (χ4n) is 5.38.